The number of hydrogen-bond acceptors (Lipinski definition) is 1. The van der Waals surface area contributed by atoms with Gasteiger partial charge in [0.05, 0.1) is 0 Å². The van der Waals surface area contributed by atoms with Crippen molar-refractivity contribution in [2.45, 2.75) is 0 Å². The Hall–Kier alpha value is 0.910. The van der Waals surface area contributed by atoms with Crippen molar-refractivity contribution in [2.24, 2.45) is 0 Å². The highest BCUT2D eigenvalue weighted by molar-refractivity contribution is 14.1. The molecule has 0 bridgehead atoms. The van der Waals surface area contributed by atoms with Gasteiger partial charge in [-0.25, -0.2) is 4.79 Å². The van der Waals surface area contributed by atoms with Gasteiger partial charge in [0.15, 0.2) is 0 Å². The van der Waals surface area contributed by atoms with E-state index in [2.05, 4.69) is 45.2 Å². The van der Waals surface area contributed by atoms with E-state index in [0.29, 0.717) is 0 Å². The van der Waals surface area contributed by atoms with Gasteiger partial charge in [-0.1, -0.05) is 45.2 Å². The Morgan fingerprint density at radius 3 is 1.86 bits per heavy atom. The summed E-state index contributed by atoms with van der Waals surface area (Å²) in [4.78, 5) is 9.80. The van der Waals surface area contributed by atoms with E-state index in [9.17, 15) is 4.79 Å². The molecule has 0 aliphatic heterocycles. The first kappa shape index (κ1) is 7.91. The zero-order valence-corrected chi connectivity index (χ0v) is 7.89. The topological polar surface area (TPSA) is 17.1 Å². The van der Waals surface area contributed by atoms with Crippen LogP contribution in [0.5, 0.6) is 0 Å². The van der Waals surface area contributed by atoms with Gasteiger partial charge in [0, 0.05) is 14.4 Å². The number of hydrogen-bond donors (Lipinski definition) is 0. The third-order valence-corrected chi connectivity index (χ3v) is 2.31. The molecule has 1 nitrogen and oxygen atoms in total. The first-order valence-electron chi connectivity index (χ1n) is 1.70. The predicted octanol–water partition coefficient (Wildman–Crippen LogP) is 1.61. The maximum absolute atomic E-state index is 9.80. The van der Waals surface area contributed by atoms with Crippen molar-refractivity contribution in [3.8, 4) is 0 Å². The van der Waals surface area contributed by atoms with E-state index in [-0.39, 0.29) is 0 Å². The molecule has 0 rings (SSSR count). The monoisotopic (exact) mass is 322 g/mol. The SMILES string of the molecule is O=C=C(CI)CI. The molecule has 0 spiro atoms. The normalized spacial score (nSPS) is 7.71. The molecule has 0 aliphatic carbocycles. The second-order valence-electron chi connectivity index (χ2n) is 0.973. The zero-order valence-electron chi connectivity index (χ0n) is 3.58. The molecule has 0 saturated carbocycles. The van der Waals surface area contributed by atoms with Gasteiger partial charge in [0.2, 0.25) is 0 Å². The maximum atomic E-state index is 9.80. The molecular formula is C4H4I2O. The lowest BCUT2D eigenvalue weighted by Crippen LogP contribution is -1.83. The number of halogens is 2. The fourth-order valence-electron chi connectivity index (χ4n) is 0.0903. The third kappa shape index (κ3) is 3.49. The van der Waals surface area contributed by atoms with Crippen LogP contribution in [0.1, 0.15) is 0 Å². The molecule has 0 heterocycles. The fourth-order valence-corrected chi connectivity index (χ4v) is 1.97. The molecule has 7 heavy (non-hydrogen) atoms. The minimum Gasteiger partial charge on any atom is -0.233 e. The Morgan fingerprint density at radius 2 is 1.86 bits per heavy atom. The number of carbonyl (C=O) groups excluding carboxylic acids is 1. The van der Waals surface area contributed by atoms with Crippen LogP contribution in [0.2, 0.25) is 0 Å². The first-order chi connectivity index (χ1) is 3.35. The van der Waals surface area contributed by atoms with Crippen LogP contribution >= 0.6 is 45.2 Å². The maximum Gasteiger partial charge on any atom is 0.125 e. The van der Waals surface area contributed by atoms with Gasteiger partial charge in [-0.3, -0.25) is 0 Å². The van der Waals surface area contributed by atoms with E-state index < -0.39 is 0 Å². The molecule has 0 atom stereocenters. The van der Waals surface area contributed by atoms with Crippen molar-refractivity contribution in [3.63, 3.8) is 0 Å². The van der Waals surface area contributed by atoms with Crippen LogP contribution in [0.3, 0.4) is 0 Å². The van der Waals surface area contributed by atoms with Crippen molar-refractivity contribution in [1.82, 2.24) is 0 Å². The Kier molecular flexibility index (Phi) is 5.71. The molecule has 0 amide bonds. The van der Waals surface area contributed by atoms with Crippen LogP contribution in [0, 0.1) is 0 Å². The predicted molar refractivity (Wildman–Crippen MR) is 47.0 cm³/mol. The summed E-state index contributed by atoms with van der Waals surface area (Å²) in [6, 6.07) is 0. The first-order valence-corrected chi connectivity index (χ1v) is 4.75. The molecule has 0 N–H and O–H groups in total. The smallest absolute Gasteiger partial charge is 0.125 e. The van der Waals surface area contributed by atoms with Gasteiger partial charge in [-0.05, 0) is 0 Å². The average molecular weight is 322 g/mol. The molecule has 0 radical (unpaired) electrons. The van der Waals surface area contributed by atoms with Crippen molar-refractivity contribution >= 4 is 51.1 Å². The van der Waals surface area contributed by atoms with Crippen molar-refractivity contribution in [3.05, 3.63) is 5.57 Å². The van der Waals surface area contributed by atoms with Crippen LogP contribution in [-0.4, -0.2) is 14.8 Å². The van der Waals surface area contributed by atoms with E-state index in [1.807, 2.05) is 5.94 Å². The zero-order chi connectivity index (χ0) is 5.70. The molecule has 0 aromatic carbocycles. The minimum absolute atomic E-state index is 0.810. The van der Waals surface area contributed by atoms with E-state index in [4.69, 9.17) is 0 Å². The summed E-state index contributed by atoms with van der Waals surface area (Å²) in [6.45, 7) is 0. The third-order valence-electron chi connectivity index (χ3n) is 0.467. The second kappa shape index (κ2) is 5.05. The summed E-state index contributed by atoms with van der Waals surface area (Å²) in [5.41, 5.74) is 0.848. The Bertz CT molecular complexity index is 87.9. The molecule has 0 unspecified atom stereocenters. The molecule has 3 heteroatoms. The fraction of sp³-hybridized carbons (Fsp3) is 0.500. The summed E-state index contributed by atoms with van der Waals surface area (Å²) in [5, 5.41) is 0. The standard InChI is InChI=1S/C4H4I2O/c5-1-4(2-6)3-7/h1-2H2. The van der Waals surface area contributed by atoms with Gasteiger partial charge < -0.3 is 0 Å². The van der Waals surface area contributed by atoms with E-state index in [1.54, 1.807) is 0 Å². The minimum atomic E-state index is 0.810. The van der Waals surface area contributed by atoms with Gasteiger partial charge in [0.1, 0.15) is 5.94 Å². The Labute approximate surface area is 69.8 Å². The molecule has 0 fully saturated rings. The lowest BCUT2D eigenvalue weighted by atomic mass is 10.4. The molecule has 0 saturated heterocycles. The highest BCUT2D eigenvalue weighted by Gasteiger charge is 1.87. The lowest BCUT2D eigenvalue weighted by Gasteiger charge is -1.83. The lowest BCUT2D eigenvalue weighted by molar-refractivity contribution is 0.567. The van der Waals surface area contributed by atoms with Gasteiger partial charge in [-0.2, -0.15) is 0 Å². The summed E-state index contributed by atoms with van der Waals surface area (Å²) in [7, 11) is 0. The van der Waals surface area contributed by atoms with Crippen molar-refractivity contribution < 1.29 is 4.79 Å². The van der Waals surface area contributed by atoms with E-state index in [0.717, 1.165) is 14.4 Å². The van der Waals surface area contributed by atoms with Crippen LogP contribution in [0.25, 0.3) is 0 Å². The summed E-state index contributed by atoms with van der Waals surface area (Å²) >= 11 is 4.29. The van der Waals surface area contributed by atoms with Crippen molar-refractivity contribution in [2.75, 3.05) is 8.86 Å². The van der Waals surface area contributed by atoms with Gasteiger partial charge >= 0.3 is 0 Å². The Morgan fingerprint density at radius 1 is 1.43 bits per heavy atom. The quantitative estimate of drug-likeness (QED) is 0.429. The molecule has 0 aliphatic rings. The molecule has 40 valence electrons. The number of rotatable bonds is 2. The summed E-state index contributed by atoms with van der Waals surface area (Å²) in [5.74, 6) is 1.85. The van der Waals surface area contributed by atoms with Crippen LogP contribution in [0.15, 0.2) is 5.57 Å². The number of alkyl halides is 2. The van der Waals surface area contributed by atoms with E-state index in [1.165, 1.54) is 0 Å². The average Bonchev–Trinajstić information content (AvgIpc) is 1.72. The van der Waals surface area contributed by atoms with E-state index >= 15 is 0 Å². The highest BCUT2D eigenvalue weighted by atomic mass is 127. The summed E-state index contributed by atoms with van der Waals surface area (Å²) in [6.07, 6.45) is 0. The molecule has 0 aromatic heterocycles. The van der Waals surface area contributed by atoms with Crippen LogP contribution in [0.4, 0.5) is 0 Å². The van der Waals surface area contributed by atoms with Crippen molar-refractivity contribution in [1.29, 1.82) is 0 Å². The molecule has 0 aromatic rings. The highest BCUT2D eigenvalue weighted by Crippen LogP contribution is 1.98. The Balaban J connectivity index is 3.61. The largest absolute Gasteiger partial charge is 0.233 e. The van der Waals surface area contributed by atoms with Gasteiger partial charge in [-0.15, -0.1) is 0 Å². The number of allylic oxidation sites excluding steroid dienone is 1. The van der Waals surface area contributed by atoms with Gasteiger partial charge in [0.25, 0.3) is 0 Å². The summed E-state index contributed by atoms with van der Waals surface area (Å²) < 4.78 is 1.62. The molecular weight excluding hydrogens is 318 g/mol. The van der Waals surface area contributed by atoms with Crippen LogP contribution < -0.4 is 0 Å². The van der Waals surface area contributed by atoms with Crippen LogP contribution in [-0.2, 0) is 4.79 Å². The second-order valence-corrected chi connectivity index (χ2v) is 2.50.